The Labute approximate surface area is 181 Å². The Kier molecular flexibility index (Phi) is 5.99. The zero-order valence-electron chi connectivity index (χ0n) is 15.3. The molecule has 0 aliphatic heterocycles. The summed E-state index contributed by atoms with van der Waals surface area (Å²) in [4.78, 5) is 8.30. The Hall–Kier alpha value is -3.01. The van der Waals surface area contributed by atoms with Gasteiger partial charge < -0.3 is 9.72 Å². The minimum absolute atomic E-state index is 0.455. The van der Waals surface area contributed by atoms with Crippen molar-refractivity contribution in [3.05, 3.63) is 93.3 Å². The van der Waals surface area contributed by atoms with Gasteiger partial charge in [0.05, 0.1) is 15.9 Å². The average Bonchev–Trinajstić information content (AvgIpc) is 3.16. The number of para-hydroxylation sites is 3. The lowest BCUT2D eigenvalue weighted by atomic mass is 10.2. The highest BCUT2D eigenvalue weighted by molar-refractivity contribution is 9.10. The fraction of sp³-hybridized carbons (Fsp3) is 0.0435. The Bertz CT molecular complexity index is 1180. The molecule has 6 heteroatoms. The van der Waals surface area contributed by atoms with Gasteiger partial charge in [0.15, 0.2) is 5.16 Å². The van der Waals surface area contributed by atoms with Crippen LogP contribution in [0, 0.1) is 11.3 Å². The number of nitrogens with zero attached hydrogens (tertiary/aromatic N) is 2. The Morgan fingerprint density at radius 1 is 1.07 bits per heavy atom. The topological polar surface area (TPSA) is 61.7 Å². The molecule has 1 heterocycles. The lowest BCUT2D eigenvalue weighted by Gasteiger charge is -2.09. The highest BCUT2D eigenvalue weighted by Gasteiger charge is 2.08. The van der Waals surface area contributed by atoms with E-state index in [0.29, 0.717) is 16.7 Å². The van der Waals surface area contributed by atoms with E-state index in [1.54, 1.807) is 0 Å². The number of rotatable bonds is 6. The molecule has 4 rings (SSSR count). The maximum Gasteiger partial charge on any atom is 0.171 e. The van der Waals surface area contributed by atoms with Crippen LogP contribution in [0.2, 0.25) is 0 Å². The van der Waals surface area contributed by atoms with Crippen molar-refractivity contribution in [3.63, 3.8) is 0 Å². The van der Waals surface area contributed by atoms with Gasteiger partial charge in [-0.05, 0) is 53.7 Å². The van der Waals surface area contributed by atoms with Crippen LogP contribution >= 0.6 is 27.7 Å². The summed E-state index contributed by atoms with van der Waals surface area (Å²) in [7, 11) is 0. The van der Waals surface area contributed by atoms with Crippen molar-refractivity contribution in [2.75, 3.05) is 0 Å². The lowest BCUT2D eigenvalue weighted by molar-refractivity contribution is 0.305. The van der Waals surface area contributed by atoms with Crippen molar-refractivity contribution in [1.29, 1.82) is 5.26 Å². The molecule has 0 saturated carbocycles. The van der Waals surface area contributed by atoms with Crippen molar-refractivity contribution in [2.45, 2.75) is 11.8 Å². The van der Waals surface area contributed by atoms with Crippen molar-refractivity contribution in [3.8, 4) is 11.8 Å². The number of nitriles is 1. The Morgan fingerprint density at radius 2 is 1.83 bits per heavy atom. The first-order valence-corrected chi connectivity index (χ1v) is 10.5. The molecule has 3 aromatic carbocycles. The second-order valence-corrected chi connectivity index (χ2v) is 8.18. The van der Waals surface area contributed by atoms with Crippen LogP contribution in [-0.2, 0) is 6.61 Å². The van der Waals surface area contributed by atoms with E-state index < -0.39 is 0 Å². The molecule has 0 amide bonds. The first-order chi connectivity index (χ1) is 14.2. The van der Waals surface area contributed by atoms with Gasteiger partial charge >= 0.3 is 0 Å². The Balaban J connectivity index is 1.54. The lowest BCUT2D eigenvalue weighted by Crippen LogP contribution is -1.96. The van der Waals surface area contributed by atoms with Crippen molar-refractivity contribution >= 4 is 44.8 Å². The molecule has 4 aromatic rings. The largest absolute Gasteiger partial charge is 0.488 e. The van der Waals surface area contributed by atoms with Crippen LogP contribution in [0.1, 0.15) is 11.1 Å². The molecule has 0 saturated heterocycles. The fourth-order valence-corrected chi connectivity index (χ4v) is 3.79. The fourth-order valence-electron chi connectivity index (χ4n) is 2.78. The summed E-state index contributed by atoms with van der Waals surface area (Å²) in [6.45, 7) is 0.455. The second kappa shape index (κ2) is 8.99. The van der Waals surface area contributed by atoms with Crippen molar-refractivity contribution < 1.29 is 4.74 Å². The molecule has 0 bridgehead atoms. The minimum Gasteiger partial charge on any atom is -0.488 e. The molecule has 0 aliphatic rings. The number of aromatic nitrogens is 2. The van der Waals surface area contributed by atoms with Gasteiger partial charge in [0.25, 0.3) is 0 Å². The standard InChI is InChI=1S/C23H16BrN3OS/c24-18-11-9-16(10-12-18)15-28-22-8-4-1-5-17(22)13-19(14-25)29-23-26-20-6-2-3-7-21(20)27-23/h1-13H,15H2,(H,26,27)/b19-13-. The molecule has 29 heavy (non-hydrogen) atoms. The van der Waals surface area contributed by atoms with Crippen LogP contribution in [0.4, 0.5) is 0 Å². The summed E-state index contributed by atoms with van der Waals surface area (Å²) in [5.41, 5.74) is 3.75. The van der Waals surface area contributed by atoms with E-state index in [9.17, 15) is 5.26 Å². The van der Waals surface area contributed by atoms with Gasteiger partial charge in [-0.3, -0.25) is 0 Å². The molecule has 1 aromatic heterocycles. The van der Waals surface area contributed by atoms with Gasteiger partial charge in [-0.2, -0.15) is 5.26 Å². The summed E-state index contributed by atoms with van der Waals surface area (Å²) >= 11 is 4.74. The minimum atomic E-state index is 0.455. The molecule has 4 nitrogen and oxygen atoms in total. The van der Waals surface area contributed by atoms with Crippen LogP contribution < -0.4 is 4.74 Å². The normalized spacial score (nSPS) is 11.4. The maximum atomic E-state index is 9.62. The van der Waals surface area contributed by atoms with E-state index in [1.807, 2.05) is 78.9 Å². The van der Waals surface area contributed by atoms with Crippen molar-refractivity contribution in [2.24, 2.45) is 0 Å². The van der Waals surface area contributed by atoms with Crippen LogP contribution in [0.15, 0.2) is 87.3 Å². The molecular weight excluding hydrogens is 446 g/mol. The van der Waals surface area contributed by atoms with E-state index in [-0.39, 0.29) is 0 Å². The van der Waals surface area contributed by atoms with E-state index >= 15 is 0 Å². The number of hydrogen-bond acceptors (Lipinski definition) is 4. The number of hydrogen-bond donors (Lipinski definition) is 1. The number of halogens is 1. The molecule has 0 radical (unpaired) electrons. The number of benzene rings is 3. The highest BCUT2D eigenvalue weighted by atomic mass is 79.9. The van der Waals surface area contributed by atoms with Crippen LogP contribution in [0.5, 0.6) is 5.75 Å². The number of imidazole rings is 1. The number of H-pyrrole nitrogens is 1. The second-order valence-electron chi connectivity index (χ2n) is 6.23. The van der Waals surface area contributed by atoms with Crippen LogP contribution in [0.25, 0.3) is 17.1 Å². The summed E-state index contributed by atoms with van der Waals surface area (Å²) in [6, 6.07) is 25.8. The SMILES string of the molecule is N#C/C(=C/c1ccccc1OCc1ccc(Br)cc1)Sc1nc2ccccc2[nH]1. The molecular formula is C23H16BrN3OS. The van der Waals surface area contributed by atoms with Gasteiger partial charge in [0.2, 0.25) is 0 Å². The van der Waals surface area contributed by atoms with E-state index in [2.05, 4.69) is 32.0 Å². The van der Waals surface area contributed by atoms with Gasteiger partial charge in [0.1, 0.15) is 18.4 Å². The zero-order valence-corrected chi connectivity index (χ0v) is 17.7. The number of allylic oxidation sites excluding steroid dienone is 1. The molecule has 1 N–H and O–H groups in total. The maximum absolute atomic E-state index is 9.62. The smallest absolute Gasteiger partial charge is 0.171 e. The quantitative estimate of drug-likeness (QED) is 0.260. The zero-order chi connectivity index (χ0) is 20.1. The molecule has 142 valence electrons. The molecule has 0 spiro atoms. The van der Waals surface area contributed by atoms with E-state index in [0.717, 1.165) is 32.4 Å². The van der Waals surface area contributed by atoms with Gasteiger partial charge in [-0.25, -0.2) is 4.98 Å². The first-order valence-electron chi connectivity index (χ1n) is 8.92. The van der Waals surface area contributed by atoms with E-state index in [4.69, 9.17) is 4.74 Å². The first kappa shape index (κ1) is 19.3. The number of ether oxygens (including phenoxy) is 1. The molecule has 0 fully saturated rings. The van der Waals surface area contributed by atoms with Crippen molar-refractivity contribution in [1.82, 2.24) is 9.97 Å². The number of thioether (sulfide) groups is 1. The summed E-state index contributed by atoms with van der Waals surface area (Å²) in [5, 5.41) is 10.3. The van der Waals surface area contributed by atoms with E-state index in [1.165, 1.54) is 11.8 Å². The Morgan fingerprint density at radius 3 is 2.62 bits per heavy atom. The number of aromatic amines is 1. The third-order valence-corrected chi connectivity index (χ3v) is 5.54. The van der Waals surface area contributed by atoms with Crippen LogP contribution in [-0.4, -0.2) is 9.97 Å². The number of nitrogens with one attached hydrogen (secondary N) is 1. The average molecular weight is 462 g/mol. The third kappa shape index (κ3) is 4.89. The number of fused-ring (bicyclic) bond motifs is 1. The molecule has 0 unspecified atom stereocenters. The van der Waals surface area contributed by atoms with Gasteiger partial charge in [-0.15, -0.1) is 0 Å². The van der Waals surface area contributed by atoms with Gasteiger partial charge in [0, 0.05) is 10.0 Å². The molecule has 0 aliphatic carbocycles. The highest BCUT2D eigenvalue weighted by Crippen LogP contribution is 2.30. The molecule has 0 atom stereocenters. The predicted octanol–water partition coefficient (Wildman–Crippen LogP) is 6.56. The van der Waals surface area contributed by atoms with Crippen LogP contribution in [0.3, 0.4) is 0 Å². The summed E-state index contributed by atoms with van der Waals surface area (Å²) < 4.78 is 7.04. The monoisotopic (exact) mass is 461 g/mol. The van der Waals surface area contributed by atoms with Gasteiger partial charge in [-0.1, -0.05) is 58.4 Å². The third-order valence-electron chi connectivity index (χ3n) is 4.20. The summed E-state index contributed by atoms with van der Waals surface area (Å²) in [6.07, 6.45) is 1.83. The summed E-state index contributed by atoms with van der Waals surface area (Å²) in [5.74, 6) is 0.730. The predicted molar refractivity (Wildman–Crippen MR) is 120 cm³/mol.